The topological polar surface area (TPSA) is 30.5 Å². The van der Waals surface area contributed by atoms with Gasteiger partial charge in [0.2, 0.25) is 0 Å². The molecular weight excluding hydrogens is 306 g/mol. The third-order valence-corrected chi connectivity index (χ3v) is 3.39. The summed E-state index contributed by atoms with van der Waals surface area (Å²) in [6, 6.07) is 6.34. The zero-order valence-corrected chi connectivity index (χ0v) is 13.6. The summed E-state index contributed by atoms with van der Waals surface area (Å²) in [6.07, 6.45) is 3.47. The Morgan fingerprint density at radius 1 is 1.21 bits per heavy atom. The lowest BCUT2D eigenvalue weighted by Gasteiger charge is -2.10. The average molecular weight is 330 g/mol. The summed E-state index contributed by atoms with van der Waals surface area (Å²) in [4.78, 5) is 0. The fourth-order valence-corrected chi connectivity index (χ4v) is 2.17. The van der Waals surface area contributed by atoms with Gasteiger partial charge in [0, 0.05) is 6.04 Å². The van der Waals surface area contributed by atoms with Gasteiger partial charge in [0.25, 0.3) is 0 Å². The van der Waals surface area contributed by atoms with Gasteiger partial charge in [-0.2, -0.15) is 0 Å². The maximum absolute atomic E-state index is 5.74. The monoisotopic (exact) mass is 329 g/mol. The molecule has 0 heterocycles. The molecule has 0 unspecified atom stereocenters. The first-order valence-corrected chi connectivity index (χ1v) is 7.62. The maximum atomic E-state index is 5.74. The Morgan fingerprint density at radius 2 is 2.00 bits per heavy atom. The highest BCUT2D eigenvalue weighted by Gasteiger charge is 2.02. The van der Waals surface area contributed by atoms with Crippen molar-refractivity contribution >= 4 is 15.9 Å². The van der Waals surface area contributed by atoms with E-state index >= 15 is 0 Å². The molecule has 0 atom stereocenters. The summed E-state index contributed by atoms with van der Waals surface area (Å²) in [5.41, 5.74) is 0. The van der Waals surface area contributed by atoms with Crippen molar-refractivity contribution < 1.29 is 9.47 Å². The molecule has 0 aliphatic rings. The van der Waals surface area contributed by atoms with E-state index in [0.717, 1.165) is 35.5 Å². The van der Waals surface area contributed by atoms with Crippen molar-refractivity contribution in [2.45, 2.75) is 39.2 Å². The number of rotatable bonds is 9. The van der Waals surface area contributed by atoms with Crippen LogP contribution in [0.15, 0.2) is 22.7 Å². The Hall–Kier alpha value is -0.740. The van der Waals surface area contributed by atoms with Gasteiger partial charge in [-0.05, 0) is 59.9 Å². The molecule has 3 nitrogen and oxygen atoms in total. The van der Waals surface area contributed by atoms with Crippen LogP contribution in [0.3, 0.4) is 0 Å². The lowest BCUT2D eigenvalue weighted by atomic mass is 10.2. The molecule has 0 amide bonds. The molecular formula is C15H24BrNO2. The first-order valence-electron chi connectivity index (χ1n) is 6.83. The first-order chi connectivity index (χ1) is 9.13. The Bertz CT molecular complexity index is 369. The Labute approximate surface area is 124 Å². The molecule has 0 fully saturated rings. The lowest BCUT2D eigenvalue weighted by molar-refractivity contribution is 0.302. The van der Waals surface area contributed by atoms with Crippen LogP contribution in [0, 0.1) is 0 Å². The van der Waals surface area contributed by atoms with Crippen molar-refractivity contribution in [3.63, 3.8) is 0 Å². The van der Waals surface area contributed by atoms with E-state index < -0.39 is 0 Å². The van der Waals surface area contributed by atoms with Gasteiger partial charge in [-0.25, -0.2) is 0 Å². The number of methoxy groups -OCH3 is 1. The minimum Gasteiger partial charge on any atom is -0.497 e. The standard InChI is InChI=1S/C15H24BrNO2/c1-12(2)17-9-5-4-6-10-19-15-8-7-13(18-3)11-14(15)16/h7-8,11-12,17H,4-6,9-10H2,1-3H3. The van der Waals surface area contributed by atoms with Crippen LogP contribution in [0.1, 0.15) is 33.1 Å². The summed E-state index contributed by atoms with van der Waals surface area (Å²) >= 11 is 3.48. The van der Waals surface area contributed by atoms with E-state index in [4.69, 9.17) is 9.47 Å². The Balaban J connectivity index is 2.15. The quantitative estimate of drug-likeness (QED) is 0.694. The molecule has 1 aromatic carbocycles. The zero-order valence-electron chi connectivity index (χ0n) is 12.0. The maximum Gasteiger partial charge on any atom is 0.133 e. The van der Waals surface area contributed by atoms with E-state index in [1.54, 1.807) is 7.11 Å². The second kappa shape index (κ2) is 9.21. The van der Waals surface area contributed by atoms with Crippen LogP contribution < -0.4 is 14.8 Å². The predicted molar refractivity (Wildman–Crippen MR) is 83.2 cm³/mol. The number of unbranched alkanes of at least 4 members (excludes halogenated alkanes) is 2. The van der Waals surface area contributed by atoms with Crippen molar-refractivity contribution in [3.05, 3.63) is 22.7 Å². The molecule has 0 aromatic heterocycles. The van der Waals surface area contributed by atoms with Gasteiger partial charge in [0.1, 0.15) is 11.5 Å². The minimum absolute atomic E-state index is 0.575. The molecule has 0 bridgehead atoms. The van der Waals surface area contributed by atoms with Crippen molar-refractivity contribution in [1.82, 2.24) is 5.32 Å². The van der Waals surface area contributed by atoms with Crippen LogP contribution in [0.25, 0.3) is 0 Å². The largest absolute Gasteiger partial charge is 0.497 e. The summed E-state index contributed by atoms with van der Waals surface area (Å²) in [7, 11) is 1.66. The smallest absolute Gasteiger partial charge is 0.133 e. The van der Waals surface area contributed by atoms with Gasteiger partial charge < -0.3 is 14.8 Å². The SMILES string of the molecule is COc1ccc(OCCCCCNC(C)C)c(Br)c1. The molecule has 4 heteroatoms. The summed E-state index contributed by atoms with van der Waals surface area (Å²) < 4.78 is 11.8. The van der Waals surface area contributed by atoms with Crippen molar-refractivity contribution in [2.24, 2.45) is 0 Å². The van der Waals surface area contributed by atoms with E-state index in [0.29, 0.717) is 6.04 Å². The molecule has 1 N–H and O–H groups in total. The van der Waals surface area contributed by atoms with E-state index in [1.165, 1.54) is 12.8 Å². The van der Waals surface area contributed by atoms with Gasteiger partial charge in [-0.1, -0.05) is 13.8 Å². The van der Waals surface area contributed by atoms with Crippen LogP contribution in [0.5, 0.6) is 11.5 Å². The molecule has 108 valence electrons. The second-order valence-electron chi connectivity index (χ2n) is 4.81. The summed E-state index contributed by atoms with van der Waals surface area (Å²) in [6.45, 7) is 6.19. The predicted octanol–water partition coefficient (Wildman–Crippen LogP) is 4.00. The highest BCUT2D eigenvalue weighted by molar-refractivity contribution is 9.10. The molecule has 0 saturated carbocycles. The number of hydrogen-bond acceptors (Lipinski definition) is 3. The Morgan fingerprint density at radius 3 is 2.63 bits per heavy atom. The summed E-state index contributed by atoms with van der Waals surface area (Å²) in [5, 5.41) is 3.41. The van der Waals surface area contributed by atoms with Gasteiger partial charge in [0.05, 0.1) is 18.2 Å². The van der Waals surface area contributed by atoms with Gasteiger partial charge in [-0.3, -0.25) is 0 Å². The third kappa shape index (κ3) is 6.83. The highest BCUT2D eigenvalue weighted by atomic mass is 79.9. The zero-order chi connectivity index (χ0) is 14.1. The third-order valence-electron chi connectivity index (χ3n) is 2.77. The second-order valence-corrected chi connectivity index (χ2v) is 5.67. The molecule has 1 rings (SSSR count). The lowest BCUT2D eigenvalue weighted by Crippen LogP contribution is -2.23. The van der Waals surface area contributed by atoms with E-state index in [9.17, 15) is 0 Å². The van der Waals surface area contributed by atoms with Crippen LogP contribution in [-0.2, 0) is 0 Å². The normalized spacial score (nSPS) is 10.8. The van der Waals surface area contributed by atoms with Crippen molar-refractivity contribution in [1.29, 1.82) is 0 Å². The molecule has 1 aromatic rings. The highest BCUT2D eigenvalue weighted by Crippen LogP contribution is 2.29. The number of nitrogens with one attached hydrogen (secondary N) is 1. The van der Waals surface area contributed by atoms with E-state index in [-0.39, 0.29) is 0 Å². The van der Waals surface area contributed by atoms with Crippen LogP contribution >= 0.6 is 15.9 Å². The number of benzene rings is 1. The van der Waals surface area contributed by atoms with Crippen LogP contribution in [0.2, 0.25) is 0 Å². The molecule has 0 radical (unpaired) electrons. The number of hydrogen-bond donors (Lipinski definition) is 1. The fraction of sp³-hybridized carbons (Fsp3) is 0.600. The molecule has 0 saturated heterocycles. The average Bonchev–Trinajstić information content (AvgIpc) is 2.38. The molecule has 0 spiro atoms. The molecule has 0 aliphatic carbocycles. The van der Waals surface area contributed by atoms with Crippen molar-refractivity contribution in [3.8, 4) is 11.5 Å². The van der Waals surface area contributed by atoms with Crippen molar-refractivity contribution in [2.75, 3.05) is 20.3 Å². The summed E-state index contributed by atoms with van der Waals surface area (Å²) in [5.74, 6) is 1.71. The van der Waals surface area contributed by atoms with E-state index in [2.05, 4.69) is 35.1 Å². The van der Waals surface area contributed by atoms with Gasteiger partial charge in [-0.15, -0.1) is 0 Å². The molecule has 0 aliphatic heterocycles. The molecule has 19 heavy (non-hydrogen) atoms. The first kappa shape index (κ1) is 16.3. The Kier molecular flexibility index (Phi) is 7.91. The number of ether oxygens (including phenoxy) is 2. The van der Waals surface area contributed by atoms with Crippen LogP contribution in [-0.4, -0.2) is 26.3 Å². The van der Waals surface area contributed by atoms with E-state index in [1.807, 2.05) is 18.2 Å². The number of halogens is 1. The van der Waals surface area contributed by atoms with Crippen LogP contribution in [0.4, 0.5) is 0 Å². The van der Waals surface area contributed by atoms with Gasteiger partial charge in [0.15, 0.2) is 0 Å². The van der Waals surface area contributed by atoms with Gasteiger partial charge >= 0.3 is 0 Å². The fourth-order valence-electron chi connectivity index (χ4n) is 1.70. The minimum atomic E-state index is 0.575.